The van der Waals surface area contributed by atoms with Gasteiger partial charge in [-0.2, -0.15) is 5.26 Å². The second kappa shape index (κ2) is 8.42. The molecule has 1 aliphatic carbocycles. The zero-order valence-corrected chi connectivity index (χ0v) is 16.2. The van der Waals surface area contributed by atoms with E-state index >= 15 is 0 Å². The van der Waals surface area contributed by atoms with Gasteiger partial charge < -0.3 is 14.8 Å². The van der Waals surface area contributed by atoms with Gasteiger partial charge in [0.2, 0.25) is 0 Å². The fraction of sp³-hybridized carbons (Fsp3) is 0.316. The van der Waals surface area contributed by atoms with Crippen molar-refractivity contribution in [1.29, 1.82) is 5.26 Å². The summed E-state index contributed by atoms with van der Waals surface area (Å²) in [5.41, 5.74) is 1.83. The number of esters is 1. The fourth-order valence-electron chi connectivity index (χ4n) is 2.97. The number of benzene rings is 1. The van der Waals surface area contributed by atoms with E-state index < -0.39 is 11.9 Å². The monoisotopic (exact) mass is 404 g/mol. The highest BCUT2D eigenvalue weighted by Gasteiger charge is 2.27. The third-order valence-corrected chi connectivity index (χ3v) is 5.74. The van der Waals surface area contributed by atoms with Crippen LogP contribution in [-0.4, -0.2) is 25.6 Å². The number of rotatable bonds is 5. The molecule has 0 bridgehead atoms. The third-order valence-electron chi connectivity index (χ3n) is 4.23. The van der Waals surface area contributed by atoms with Gasteiger partial charge in [0, 0.05) is 4.88 Å². The zero-order chi connectivity index (χ0) is 19.4. The molecule has 0 unspecified atom stereocenters. The molecule has 1 aromatic heterocycles. The molecule has 0 radical (unpaired) electrons. The Bertz CT molecular complexity index is 933. The predicted molar refractivity (Wildman–Crippen MR) is 103 cm³/mol. The van der Waals surface area contributed by atoms with Crippen LogP contribution >= 0.6 is 22.9 Å². The molecule has 0 saturated heterocycles. The Hall–Kier alpha value is -2.56. The summed E-state index contributed by atoms with van der Waals surface area (Å²) in [5, 5.41) is 12.3. The maximum absolute atomic E-state index is 12.3. The number of nitrogens with one attached hydrogen (secondary N) is 1. The lowest BCUT2D eigenvalue weighted by Crippen LogP contribution is -2.21. The minimum absolute atomic E-state index is 0.253. The van der Waals surface area contributed by atoms with Gasteiger partial charge in [0.25, 0.3) is 5.91 Å². The summed E-state index contributed by atoms with van der Waals surface area (Å²) in [6.45, 7) is -0.269. The van der Waals surface area contributed by atoms with Gasteiger partial charge in [-0.1, -0.05) is 11.6 Å². The van der Waals surface area contributed by atoms with Crippen molar-refractivity contribution in [3.8, 4) is 11.8 Å². The quantitative estimate of drug-likeness (QED) is 0.762. The van der Waals surface area contributed by atoms with Crippen LogP contribution in [0.2, 0.25) is 5.02 Å². The standard InChI is InChI=1S/C19H17ClN2O4S/c1-25-19(24)17-12-4-2-3-5-15(12)27-18(17)22-16(23)10-26-14-7-6-11(9-21)8-13(14)20/h6-8H,2-5,10H2,1H3,(H,22,23). The molecule has 0 spiro atoms. The second-order valence-electron chi connectivity index (χ2n) is 6.00. The summed E-state index contributed by atoms with van der Waals surface area (Å²) in [4.78, 5) is 25.6. The van der Waals surface area contributed by atoms with Gasteiger partial charge in [-0.15, -0.1) is 11.3 Å². The lowest BCUT2D eigenvalue weighted by atomic mass is 9.95. The molecule has 27 heavy (non-hydrogen) atoms. The highest BCUT2D eigenvalue weighted by molar-refractivity contribution is 7.17. The average Bonchev–Trinajstić information content (AvgIpc) is 3.04. The topological polar surface area (TPSA) is 88.4 Å². The molecule has 3 rings (SSSR count). The van der Waals surface area contributed by atoms with E-state index in [1.54, 1.807) is 6.07 Å². The van der Waals surface area contributed by atoms with Gasteiger partial charge in [0.1, 0.15) is 10.8 Å². The van der Waals surface area contributed by atoms with Gasteiger partial charge in [0.05, 0.1) is 29.3 Å². The van der Waals surface area contributed by atoms with Gasteiger partial charge >= 0.3 is 5.97 Å². The molecule has 0 fully saturated rings. The van der Waals surface area contributed by atoms with E-state index in [0.717, 1.165) is 36.1 Å². The number of thiophene rings is 1. The van der Waals surface area contributed by atoms with E-state index in [1.807, 2.05) is 6.07 Å². The molecule has 1 aromatic carbocycles. The number of nitrogens with zero attached hydrogens (tertiary/aromatic N) is 1. The molecular weight excluding hydrogens is 388 g/mol. The van der Waals surface area contributed by atoms with Crippen molar-refractivity contribution in [1.82, 2.24) is 0 Å². The van der Waals surface area contributed by atoms with Crippen LogP contribution in [-0.2, 0) is 22.4 Å². The maximum atomic E-state index is 12.3. The maximum Gasteiger partial charge on any atom is 0.341 e. The Labute approximate surface area is 165 Å². The largest absolute Gasteiger partial charge is 0.482 e. The van der Waals surface area contributed by atoms with Crippen LogP contribution in [0.25, 0.3) is 0 Å². The first-order valence-corrected chi connectivity index (χ1v) is 9.58. The van der Waals surface area contributed by atoms with Crippen molar-refractivity contribution >= 4 is 39.8 Å². The minimum Gasteiger partial charge on any atom is -0.482 e. The Morgan fingerprint density at radius 2 is 2.11 bits per heavy atom. The third kappa shape index (κ3) is 4.24. The molecule has 1 amide bonds. The smallest absolute Gasteiger partial charge is 0.341 e. The Morgan fingerprint density at radius 1 is 1.33 bits per heavy atom. The molecule has 0 aliphatic heterocycles. The number of methoxy groups -OCH3 is 1. The van der Waals surface area contributed by atoms with E-state index in [-0.39, 0.29) is 11.6 Å². The lowest BCUT2D eigenvalue weighted by Gasteiger charge is -2.12. The number of fused-ring (bicyclic) bond motifs is 1. The first kappa shape index (κ1) is 19.2. The fourth-order valence-corrected chi connectivity index (χ4v) is 4.49. The first-order valence-electron chi connectivity index (χ1n) is 8.38. The molecule has 0 atom stereocenters. The average molecular weight is 405 g/mol. The Morgan fingerprint density at radius 3 is 2.81 bits per heavy atom. The van der Waals surface area contributed by atoms with E-state index in [0.29, 0.717) is 21.9 Å². The van der Waals surface area contributed by atoms with Crippen molar-refractivity contribution in [2.75, 3.05) is 19.0 Å². The molecule has 140 valence electrons. The minimum atomic E-state index is -0.444. The molecule has 8 heteroatoms. The molecule has 6 nitrogen and oxygen atoms in total. The van der Waals surface area contributed by atoms with Gasteiger partial charge in [-0.05, 0) is 49.4 Å². The first-order chi connectivity index (χ1) is 13.0. The normalized spacial score (nSPS) is 12.6. The van der Waals surface area contributed by atoms with Crippen molar-refractivity contribution in [2.45, 2.75) is 25.7 Å². The van der Waals surface area contributed by atoms with Crippen LogP contribution in [0.4, 0.5) is 5.00 Å². The SMILES string of the molecule is COC(=O)c1c(NC(=O)COc2ccc(C#N)cc2Cl)sc2c1CCCC2. The van der Waals surface area contributed by atoms with E-state index in [1.165, 1.54) is 30.6 Å². The highest BCUT2D eigenvalue weighted by atomic mass is 35.5. The zero-order valence-electron chi connectivity index (χ0n) is 14.6. The van der Waals surface area contributed by atoms with Crippen LogP contribution in [0.5, 0.6) is 5.75 Å². The molecule has 2 aromatic rings. The number of nitriles is 1. The molecule has 1 N–H and O–H groups in total. The second-order valence-corrected chi connectivity index (χ2v) is 7.51. The van der Waals surface area contributed by atoms with Gasteiger partial charge in [-0.25, -0.2) is 4.79 Å². The number of carbonyl (C=O) groups excluding carboxylic acids is 2. The van der Waals surface area contributed by atoms with Gasteiger partial charge in [0.15, 0.2) is 6.61 Å². The number of ether oxygens (including phenoxy) is 2. The van der Waals surface area contributed by atoms with Crippen molar-refractivity contribution in [2.24, 2.45) is 0 Å². The van der Waals surface area contributed by atoms with Crippen LogP contribution in [0.1, 0.15) is 39.2 Å². The van der Waals surface area contributed by atoms with Crippen molar-refractivity contribution in [3.63, 3.8) is 0 Å². The number of hydrogen-bond acceptors (Lipinski definition) is 6. The van der Waals surface area contributed by atoms with E-state index in [4.69, 9.17) is 26.3 Å². The van der Waals surface area contributed by atoms with Crippen LogP contribution in [0.15, 0.2) is 18.2 Å². The lowest BCUT2D eigenvalue weighted by molar-refractivity contribution is -0.118. The van der Waals surface area contributed by atoms with Crippen LogP contribution in [0, 0.1) is 11.3 Å². The summed E-state index contributed by atoms with van der Waals surface area (Å²) < 4.78 is 10.3. The number of amides is 1. The van der Waals surface area contributed by atoms with Crippen molar-refractivity contribution in [3.05, 3.63) is 44.8 Å². The number of carbonyl (C=O) groups is 2. The number of aryl methyl sites for hydroxylation is 1. The van der Waals surface area contributed by atoms with E-state index in [2.05, 4.69) is 5.32 Å². The number of anilines is 1. The summed E-state index contributed by atoms with van der Waals surface area (Å²) in [6, 6.07) is 6.54. The molecular formula is C19H17ClN2O4S. The number of halogens is 1. The molecule has 1 aliphatic rings. The van der Waals surface area contributed by atoms with Gasteiger partial charge in [-0.3, -0.25) is 4.79 Å². The molecule has 1 heterocycles. The van der Waals surface area contributed by atoms with Crippen LogP contribution < -0.4 is 10.1 Å². The van der Waals surface area contributed by atoms with Crippen molar-refractivity contribution < 1.29 is 19.1 Å². The van der Waals surface area contributed by atoms with Crippen LogP contribution in [0.3, 0.4) is 0 Å². The summed E-state index contributed by atoms with van der Waals surface area (Å²) >= 11 is 7.45. The summed E-state index contributed by atoms with van der Waals surface area (Å²) in [6.07, 6.45) is 3.80. The Balaban J connectivity index is 1.72. The molecule has 0 saturated carbocycles. The Kier molecular flexibility index (Phi) is 5.99. The summed E-state index contributed by atoms with van der Waals surface area (Å²) in [5.74, 6) is -0.538. The number of hydrogen-bond donors (Lipinski definition) is 1. The predicted octanol–water partition coefficient (Wildman–Crippen LogP) is 3.96. The highest BCUT2D eigenvalue weighted by Crippen LogP contribution is 2.38. The summed E-state index contributed by atoms with van der Waals surface area (Å²) in [7, 11) is 1.33. The van der Waals surface area contributed by atoms with E-state index in [9.17, 15) is 9.59 Å².